The molecule has 7 heteroatoms. The molecular formula is C14H18ClF3N2O. The summed E-state index contributed by atoms with van der Waals surface area (Å²) in [7, 11) is 0. The van der Waals surface area contributed by atoms with Crippen LogP contribution in [0.4, 0.5) is 13.2 Å². The lowest BCUT2D eigenvalue weighted by molar-refractivity contribution is -0.137. The summed E-state index contributed by atoms with van der Waals surface area (Å²) in [4.78, 5) is 13.8. The third-order valence-corrected chi connectivity index (χ3v) is 3.61. The Bertz CT molecular complexity index is 476. The largest absolute Gasteiger partial charge is 0.416 e. The topological polar surface area (TPSA) is 46.3 Å². The number of rotatable bonds is 3. The SMILES string of the molecule is Cl.NCC1CCN(C(=O)Cc2ccc(C(F)(F)F)cc2)C1. The summed E-state index contributed by atoms with van der Waals surface area (Å²) in [5.74, 6) is 0.285. The number of benzene rings is 1. The van der Waals surface area contributed by atoms with Crippen molar-refractivity contribution < 1.29 is 18.0 Å². The molecule has 1 aliphatic heterocycles. The van der Waals surface area contributed by atoms with Crippen molar-refractivity contribution in [2.24, 2.45) is 11.7 Å². The molecule has 1 aromatic carbocycles. The molecule has 0 saturated carbocycles. The summed E-state index contributed by atoms with van der Waals surface area (Å²) in [6.45, 7) is 1.89. The Kier molecular flexibility index (Phi) is 6.04. The number of halogens is 4. The van der Waals surface area contributed by atoms with Gasteiger partial charge in [0.05, 0.1) is 12.0 Å². The number of nitrogens with two attached hydrogens (primary N) is 1. The number of alkyl halides is 3. The molecule has 1 saturated heterocycles. The summed E-state index contributed by atoms with van der Waals surface area (Å²) in [5, 5.41) is 0. The molecule has 0 bridgehead atoms. The van der Waals surface area contributed by atoms with Gasteiger partial charge in [-0.3, -0.25) is 4.79 Å². The van der Waals surface area contributed by atoms with Gasteiger partial charge < -0.3 is 10.6 Å². The summed E-state index contributed by atoms with van der Waals surface area (Å²) >= 11 is 0. The average molecular weight is 323 g/mol. The number of hydrogen-bond donors (Lipinski definition) is 1. The van der Waals surface area contributed by atoms with Crippen LogP contribution >= 0.6 is 12.4 Å². The van der Waals surface area contributed by atoms with Crippen LogP contribution in [0.2, 0.25) is 0 Å². The number of carbonyl (C=O) groups excluding carboxylic acids is 1. The second-order valence-corrected chi connectivity index (χ2v) is 5.10. The van der Waals surface area contributed by atoms with Crippen molar-refractivity contribution in [2.45, 2.75) is 19.0 Å². The van der Waals surface area contributed by atoms with E-state index >= 15 is 0 Å². The average Bonchev–Trinajstić information content (AvgIpc) is 2.87. The zero-order chi connectivity index (χ0) is 14.8. The molecular weight excluding hydrogens is 305 g/mol. The Morgan fingerprint density at radius 1 is 1.29 bits per heavy atom. The fourth-order valence-corrected chi connectivity index (χ4v) is 2.35. The molecule has 0 radical (unpaired) electrons. The van der Waals surface area contributed by atoms with Gasteiger partial charge in [0.1, 0.15) is 0 Å². The van der Waals surface area contributed by atoms with E-state index in [1.165, 1.54) is 12.1 Å². The van der Waals surface area contributed by atoms with Crippen LogP contribution in [-0.4, -0.2) is 30.4 Å². The van der Waals surface area contributed by atoms with E-state index in [1.807, 2.05) is 0 Å². The molecule has 21 heavy (non-hydrogen) atoms. The lowest BCUT2D eigenvalue weighted by Gasteiger charge is -2.16. The first-order valence-corrected chi connectivity index (χ1v) is 6.54. The molecule has 0 aromatic heterocycles. The first-order chi connectivity index (χ1) is 9.40. The van der Waals surface area contributed by atoms with Crippen LogP contribution in [0, 0.1) is 5.92 Å². The van der Waals surface area contributed by atoms with E-state index in [4.69, 9.17) is 5.73 Å². The molecule has 118 valence electrons. The molecule has 2 rings (SSSR count). The van der Waals surface area contributed by atoms with Crippen LogP contribution in [0.1, 0.15) is 17.5 Å². The lowest BCUT2D eigenvalue weighted by atomic mass is 10.1. The standard InChI is InChI=1S/C14H17F3N2O.ClH/c15-14(16,17)12-3-1-10(2-4-12)7-13(20)19-6-5-11(8-18)9-19;/h1-4,11H,5-9,18H2;1H. The van der Waals surface area contributed by atoms with Crippen molar-refractivity contribution in [2.75, 3.05) is 19.6 Å². The van der Waals surface area contributed by atoms with E-state index in [9.17, 15) is 18.0 Å². The van der Waals surface area contributed by atoms with Crippen LogP contribution in [-0.2, 0) is 17.4 Å². The highest BCUT2D eigenvalue weighted by Crippen LogP contribution is 2.29. The molecule has 1 aromatic rings. The van der Waals surface area contributed by atoms with Gasteiger partial charge >= 0.3 is 6.18 Å². The van der Waals surface area contributed by atoms with Gasteiger partial charge in [-0.1, -0.05) is 12.1 Å². The fraction of sp³-hybridized carbons (Fsp3) is 0.500. The first kappa shape index (κ1) is 17.8. The van der Waals surface area contributed by atoms with Crippen LogP contribution in [0.5, 0.6) is 0 Å². The maximum atomic E-state index is 12.4. The summed E-state index contributed by atoms with van der Waals surface area (Å²) in [5.41, 5.74) is 5.46. The van der Waals surface area contributed by atoms with Crippen molar-refractivity contribution >= 4 is 18.3 Å². The number of nitrogens with zero attached hydrogens (tertiary/aromatic N) is 1. The highest BCUT2D eigenvalue weighted by molar-refractivity contribution is 5.85. The third kappa shape index (κ3) is 4.61. The molecule has 1 fully saturated rings. The summed E-state index contributed by atoms with van der Waals surface area (Å²) in [6.07, 6.45) is -3.31. The highest BCUT2D eigenvalue weighted by atomic mass is 35.5. The van der Waals surface area contributed by atoms with Crippen molar-refractivity contribution in [1.82, 2.24) is 4.90 Å². The van der Waals surface area contributed by atoms with Gasteiger partial charge in [0.25, 0.3) is 0 Å². The summed E-state index contributed by atoms with van der Waals surface area (Å²) in [6, 6.07) is 4.74. The van der Waals surface area contributed by atoms with Gasteiger partial charge in [-0.25, -0.2) is 0 Å². The van der Waals surface area contributed by atoms with Crippen LogP contribution in [0.25, 0.3) is 0 Å². The number of likely N-dealkylation sites (tertiary alicyclic amines) is 1. The zero-order valence-electron chi connectivity index (χ0n) is 11.4. The Balaban J connectivity index is 0.00000220. The van der Waals surface area contributed by atoms with Gasteiger partial charge in [-0.05, 0) is 36.6 Å². The van der Waals surface area contributed by atoms with Crippen LogP contribution in [0.15, 0.2) is 24.3 Å². The minimum absolute atomic E-state index is 0. The van der Waals surface area contributed by atoms with Crippen molar-refractivity contribution in [3.05, 3.63) is 35.4 Å². The Morgan fingerprint density at radius 2 is 1.90 bits per heavy atom. The Labute approximate surface area is 127 Å². The van der Waals surface area contributed by atoms with Crippen molar-refractivity contribution in [3.8, 4) is 0 Å². The molecule has 2 N–H and O–H groups in total. The molecule has 1 amide bonds. The minimum atomic E-state index is -4.34. The van der Waals surface area contributed by atoms with Crippen molar-refractivity contribution in [3.63, 3.8) is 0 Å². The van der Waals surface area contributed by atoms with E-state index in [2.05, 4.69) is 0 Å². The Morgan fingerprint density at radius 3 is 2.38 bits per heavy atom. The minimum Gasteiger partial charge on any atom is -0.342 e. The second kappa shape index (κ2) is 7.13. The van der Waals surface area contributed by atoms with E-state index < -0.39 is 11.7 Å². The van der Waals surface area contributed by atoms with Crippen molar-refractivity contribution in [1.29, 1.82) is 0 Å². The smallest absolute Gasteiger partial charge is 0.342 e. The predicted molar refractivity (Wildman–Crippen MR) is 76.1 cm³/mol. The van der Waals surface area contributed by atoms with Gasteiger partial charge in [0.2, 0.25) is 5.91 Å². The third-order valence-electron chi connectivity index (χ3n) is 3.61. The normalized spacial score (nSPS) is 18.5. The first-order valence-electron chi connectivity index (χ1n) is 6.54. The van der Waals surface area contributed by atoms with E-state index in [-0.39, 0.29) is 24.7 Å². The zero-order valence-corrected chi connectivity index (χ0v) is 12.2. The second-order valence-electron chi connectivity index (χ2n) is 5.10. The fourth-order valence-electron chi connectivity index (χ4n) is 2.35. The lowest BCUT2D eigenvalue weighted by Crippen LogP contribution is -2.31. The molecule has 1 heterocycles. The maximum absolute atomic E-state index is 12.4. The molecule has 3 nitrogen and oxygen atoms in total. The number of carbonyl (C=O) groups is 1. The van der Waals surface area contributed by atoms with Crippen LogP contribution < -0.4 is 5.73 Å². The van der Waals surface area contributed by atoms with Gasteiger partial charge in [0, 0.05) is 13.1 Å². The van der Waals surface area contributed by atoms with Gasteiger partial charge in [-0.15, -0.1) is 12.4 Å². The molecule has 1 atom stereocenters. The molecule has 0 spiro atoms. The predicted octanol–water partition coefficient (Wildman–Crippen LogP) is 2.48. The van der Waals surface area contributed by atoms with E-state index in [1.54, 1.807) is 4.90 Å². The quantitative estimate of drug-likeness (QED) is 0.929. The van der Waals surface area contributed by atoms with Crippen LogP contribution in [0.3, 0.4) is 0 Å². The van der Waals surface area contributed by atoms with Gasteiger partial charge in [-0.2, -0.15) is 13.2 Å². The molecule has 1 aliphatic rings. The Hall–Kier alpha value is -1.27. The number of hydrogen-bond acceptors (Lipinski definition) is 2. The maximum Gasteiger partial charge on any atom is 0.416 e. The van der Waals surface area contributed by atoms with E-state index in [0.717, 1.165) is 18.6 Å². The summed E-state index contributed by atoms with van der Waals surface area (Å²) < 4.78 is 37.3. The van der Waals surface area contributed by atoms with E-state index in [0.29, 0.717) is 31.1 Å². The van der Waals surface area contributed by atoms with Gasteiger partial charge in [0.15, 0.2) is 0 Å². The molecule has 1 unspecified atom stereocenters. The monoisotopic (exact) mass is 322 g/mol. The molecule has 0 aliphatic carbocycles. The number of amides is 1. The highest BCUT2D eigenvalue weighted by Gasteiger charge is 2.30.